The number of non-ortho nitro benzene ring substituents is 1. The molecule has 27 heavy (non-hydrogen) atoms. The van der Waals surface area contributed by atoms with E-state index in [-0.39, 0.29) is 17.5 Å². The van der Waals surface area contributed by atoms with Crippen molar-refractivity contribution in [1.29, 1.82) is 0 Å². The van der Waals surface area contributed by atoms with Crippen LogP contribution in [0.25, 0.3) is 0 Å². The van der Waals surface area contributed by atoms with Crippen molar-refractivity contribution in [2.45, 2.75) is 12.5 Å². The molecular formula is C19H16FN3O3S. The number of hydrogen-bond acceptors (Lipinski definition) is 6. The van der Waals surface area contributed by atoms with E-state index in [0.29, 0.717) is 23.4 Å². The number of nitro benzene ring substituents is 1. The minimum Gasteiger partial charge on any atom is -0.411 e. The van der Waals surface area contributed by atoms with Gasteiger partial charge >= 0.3 is 0 Å². The van der Waals surface area contributed by atoms with Crippen molar-refractivity contribution in [3.63, 3.8) is 0 Å². The standard InChI is InChI=1S/C19H16FN3O3S/c20-14-5-3-13(4-6-14)17(22-24)12-18(19-2-1-11-27-19)21-15-7-9-16(10-8-15)23(25)26/h1-11,18,21,24H,12H2. The highest BCUT2D eigenvalue weighted by atomic mass is 32.1. The molecule has 3 rings (SSSR count). The van der Waals surface area contributed by atoms with Crippen LogP contribution in [0.4, 0.5) is 15.8 Å². The predicted molar refractivity (Wildman–Crippen MR) is 103 cm³/mol. The average molecular weight is 385 g/mol. The van der Waals surface area contributed by atoms with Gasteiger partial charge in [-0.1, -0.05) is 23.4 Å². The summed E-state index contributed by atoms with van der Waals surface area (Å²) >= 11 is 1.54. The van der Waals surface area contributed by atoms with Crippen LogP contribution in [0.1, 0.15) is 22.9 Å². The van der Waals surface area contributed by atoms with Gasteiger partial charge in [0, 0.05) is 29.1 Å². The molecule has 0 spiro atoms. The summed E-state index contributed by atoms with van der Waals surface area (Å²) in [5.41, 5.74) is 1.74. The molecule has 0 radical (unpaired) electrons. The molecule has 0 aliphatic rings. The quantitative estimate of drug-likeness (QED) is 0.253. The molecule has 1 unspecified atom stereocenters. The Hall–Kier alpha value is -3.26. The number of thiophene rings is 1. The first kappa shape index (κ1) is 18.5. The minimum absolute atomic E-state index is 0.0112. The number of halogens is 1. The summed E-state index contributed by atoms with van der Waals surface area (Å²) in [5, 5.41) is 28.9. The summed E-state index contributed by atoms with van der Waals surface area (Å²) in [6.45, 7) is 0. The van der Waals surface area contributed by atoms with Gasteiger partial charge < -0.3 is 10.5 Å². The number of rotatable bonds is 7. The van der Waals surface area contributed by atoms with E-state index in [1.165, 1.54) is 24.3 Å². The monoisotopic (exact) mass is 385 g/mol. The van der Waals surface area contributed by atoms with Crippen LogP contribution in [-0.4, -0.2) is 15.8 Å². The van der Waals surface area contributed by atoms with Crippen LogP contribution in [0.15, 0.2) is 71.2 Å². The van der Waals surface area contributed by atoms with Gasteiger partial charge in [-0.15, -0.1) is 11.3 Å². The van der Waals surface area contributed by atoms with E-state index in [4.69, 9.17) is 0 Å². The minimum atomic E-state index is -0.453. The van der Waals surface area contributed by atoms with Crippen molar-refractivity contribution in [1.82, 2.24) is 0 Å². The number of nitro groups is 1. The highest BCUT2D eigenvalue weighted by molar-refractivity contribution is 7.10. The maximum Gasteiger partial charge on any atom is 0.269 e. The van der Waals surface area contributed by atoms with Crippen LogP contribution in [0.5, 0.6) is 0 Å². The van der Waals surface area contributed by atoms with Gasteiger partial charge in [0.15, 0.2) is 0 Å². The fourth-order valence-electron chi connectivity index (χ4n) is 2.64. The van der Waals surface area contributed by atoms with Crippen LogP contribution in [0, 0.1) is 15.9 Å². The SMILES string of the molecule is O=[N+]([O-])c1ccc(NC(CC(=NO)c2ccc(F)cc2)c2cccs2)cc1. The number of nitrogens with zero attached hydrogens (tertiary/aromatic N) is 2. The number of hydrogen-bond donors (Lipinski definition) is 2. The fraction of sp³-hybridized carbons (Fsp3) is 0.105. The summed E-state index contributed by atoms with van der Waals surface area (Å²) in [7, 11) is 0. The molecule has 1 heterocycles. The fourth-order valence-corrected chi connectivity index (χ4v) is 3.42. The molecule has 1 aromatic heterocycles. The molecule has 6 nitrogen and oxygen atoms in total. The smallest absolute Gasteiger partial charge is 0.269 e. The lowest BCUT2D eigenvalue weighted by Crippen LogP contribution is -2.15. The molecular weight excluding hydrogens is 369 g/mol. The number of nitrogens with one attached hydrogen (secondary N) is 1. The second kappa shape index (κ2) is 8.41. The zero-order valence-electron chi connectivity index (χ0n) is 14.1. The number of benzene rings is 2. The molecule has 0 saturated heterocycles. The Morgan fingerprint density at radius 3 is 2.44 bits per heavy atom. The third kappa shape index (κ3) is 4.68. The van der Waals surface area contributed by atoms with Crippen molar-refractivity contribution in [2.75, 3.05) is 5.32 Å². The first-order valence-electron chi connectivity index (χ1n) is 8.08. The third-order valence-corrected chi connectivity index (χ3v) is 4.99. The van der Waals surface area contributed by atoms with Crippen LogP contribution >= 0.6 is 11.3 Å². The zero-order chi connectivity index (χ0) is 19.2. The summed E-state index contributed by atoms with van der Waals surface area (Å²) in [5.74, 6) is -0.366. The molecule has 2 N–H and O–H groups in total. The lowest BCUT2D eigenvalue weighted by Gasteiger charge is -2.19. The Morgan fingerprint density at radius 1 is 1.19 bits per heavy atom. The average Bonchev–Trinajstić information content (AvgIpc) is 3.21. The maximum absolute atomic E-state index is 13.2. The first-order chi connectivity index (χ1) is 13.1. The van der Waals surface area contributed by atoms with E-state index in [2.05, 4.69) is 10.5 Å². The van der Waals surface area contributed by atoms with E-state index < -0.39 is 4.92 Å². The van der Waals surface area contributed by atoms with E-state index in [1.54, 1.807) is 35.6 Å². The normalized spacial score (nSPS) is 12.6. The Labute approximate surface area is 158 Å². The second-order valence-corrected chi connectivity index (χ2v) is 6.75. The molecule has 0 amide bonds. The van der Waals surface area contributed by atoms with Gasteiger partial charge in [0.1, 0.15) is 5.82 Å². The van der Waals surface area contributed by atoms with Gasteiger partial charge in [-0.3, -0.25) is 10.1 Å². The van der Waals surface area contributed by atoms with Crippen molar-refractivity contribution in [3.8, 4) is 0 Å². The van der Waals surface area contributed by atoms with Crippen molar-refractivity contribution >= 4 is 28.4 Å². The molecule has 0 aliphatic carbocycles. The lowest BCUT2D eigenvalue weighted by atomic mass is 10.0. The molecule has 0 bridgehead atoms. The van der Waals surface area contributed by atoms with Crippen LogP contribution in [0.2, 0.25) is 0 Å². The highest BCUT2D eigenvalue weighted by Gasteiger charge is 2.18. The highest BCUT2D eigenvalue weighted by Crippen LogP contribution is 2.29. The van der Waals surface area contributed by atoms with Crippen molar-refractivity contribution in [2.24, 2.45) is 5.16 Å². The van der Waals surface area contributed by atoms with Crippen molar-refractivity contribution < 1.29 is 14.5 Å². The molecule has 1 atom stereocenters. The molecule has 2 aromatic carbocycles. The van der Waals surface area contributed by atoms with Crippen LogP contribution in [-0.2, 0) is 0 Å². The Kier molecular flexibility index (Phi) is 5.77. The number of anilines is 1. The van der Waals surface area contributed by atoms with Crippen LogP contribution in [0.3, 0.4) is 0 Å². The largest absolute Gasteiger partial charge is 0.411 e. The van der Waals surface area contributed by atoms with E-state index in [0.717, 1.165) is 4.88 Å². The summed E-state index contributed by atoms with van der Waals surface area (Å²) in [6, 6.07) is 15.5. The van der Waals surface area contributed by atoms with Crippen LogP contribution < -0.4 is 5.32 Å². The van der Waals surface area contributed by atoms with Gasteiger partial charge in [-0.2, -0.15) is 0 Å². The van der Waals surface area contributed by atoms with E-state index in [9.17, 15) is 19.7 Å². The van der Waals surface area contributed by atoms with E-state index >= 15 is 0 Å². The molecule has 0 fully saturated rings. The van der Waals surface area contributed by atoms with Gasteiger partial charge in [0.2, 0.25) is 0 Å². The predicted octanol–water partition coefficient (Wildman–Crippen LogP) is 5.22. The van der Waals surface area contributed by atoms with Gasteiger partial charge in [-0.05, 0) is 41.3 Å². The second-order valence-electron chi connectivity index (χ2n) is 5.77. The van der Waals surface area contributed by atoms with Crippen molar-refractivity contribution in [3.05, 3.63) is 92.4 Å². The maximum atomic E-state index is 13.2. The molecule has 0 saturated carbocycles. The van der Waals surface area contributed by atoms with Gasteiger partial charge in [0.05, 0.1) is 16.7 Å². The topological polar surface area (TPSA) is 87.8 Å². The first-order valence-corrected chi connectivity index (χ1v) is 8.96. The Bertz CT molecular complexity index is 926. The summed E-state index contributed by atoms with van der Waals surface area (Å²) < 4.78 is 13.2. The lowest BCUT2D eigenvalue weighted by molar-refractivity contribution is -0.384. The van der Waals surface area contributed by atoms with Gasteiger partial charge in [0.25, 0.3) is 5.69 Å². The third-order valence-electron chi connectivity index (χ3n) is 4.00. The Balaban J connectivity index is 1.83. The molecule has 8 heteroatoms. The number of oxime groups is 1. The molecule has 138 valence electrons. The Morgan fingerprint density at radius 2 is 1.89 bits per heavy atom. The molecule has 0 aliphatic heterocycles. The zero-order valence-corrected chi connectivity index (χ0v) is 14.9. The van der Waals surface area contributed by atoms with E-state index in [1.807, 2.05) is 17.5 Å². The summed E-state index contributed by atoms with van der Waals surface area (Å²) in [6.07, 6.45) is 0.347. The van der Waals surface area contributed by atoms with Gasteiger partial charge in [-0.25, -0.2) is 4.39 Å². The molecule has 3 aromatic rings. The summed E-state index contributed by atoms with van der Waals surface area (Å²) in [4.78, 5) is 11.4.